The van der Waals surface area contributed by atoms with E-state index in [1.54, 1.807) is 0 Å². The highest BCUT2D eigenvalue weighted by molar-refractivity contribution is 6.11. The van der Waals surface area contributed by atoms with Crippen LogP contribution in [-0.4, -0.2) is 0 Å². The van der Waals surface area contributed by atoms with E-state index in [0.717, 1.165) is 73.4 Å². The van der Waals surface area contributed by atoms with Crippen LogP contribution in [0.4, 0.5) is 17.1 Å². The van der Waals surface area contributed by atoms with E-state index in [4.69, 9.17) is 9.15 Å². The summed E-state index contributed by atoms with van der Waals surface area (Å²) < 4.78 is 13.4. The van der Waals surface area contributed by atoms with E-state index in [9.17, 15) is 0 Å². The molecule has 0 aliphatic carbocycles. The largest absolute Gasteiger partial charge is 0.480 e. The van der Waals surface area contributed by atoms with Crippen molar-refractivity contribution in [3.05, 3.63) is 193 Å². The maximum absolute atomic E-state index is 6.86. The summed E-state index contributed by atoms with van der Waals surface area (Å²) in [5.74, 6) is 0.874. The highest BCUT2D eigenvalue weighted by Gasteiger charge is 2.28. The molecule has 1 aromatic heterocycles. The molecule has 51 heavy (non-hydrogen) atoms. The van der Waals surface area contributed by atoms with E-state index in [1.807, 2.05) is 6.07 Å². The number of rotatable bonds is 5. The van der Waals surface area contributed by atoms with Gasteiger partial charge in [-0.3, -0.25) is 0 Å². The van der Waals surface area contributed by atoms with Crippen molar-refractivity contribution in [3.8, 4) is 16.9 Å². The van der Waals surface area contributed by atoms with Crippen LogP contribution in [0.2, 0.25) is 0 Å². The second-order valence-electron chi connectivity index (χ2n) is 13.4. The van der Waals surface area contributed by atoms with Gasteiger partial charge in [-0.15, -0.1) is 0 Å². The van der Waals surface area contributed by atoms with Crippen LogP contribution >= 0.6 is 0 Å². The van der Waals surface area contributed by atoms with Gasteiger partial charge in [-0.25, -0.2) is 0 Å². The fraction of sp³-hybridized carbons (Fsp3) is 0.0417. The molecule has 0 N–H and O–H groups in total. The Morgan fingerprint density at radius 1 is 0.510 bits per heavy atom. The van der Waals surface area contributed by atoms with Gasteiger partial charge in [0.25, 0.3) is 0 Å². The molecule has 1 aliphatic heterocycles. The lowest BCUT2D eigenvalue weighted by atomic mass is 9.92. The molecule has 1 unspecified atom stereocenters. The number of anilines is 3. The molecule has 0 bridgehead atoms. The minimum Gasteiger partial charge on any atom is -0.480 e. The molecule has 0 spiro atoms. The Balaban J connectivity index is 1.18. The lowest BCUT2D eigenvalue weighted by molar-refractivity contribution is 0.229. The average Bonchev–Trinajstić information content (AvgIpc) is 3.57. The summed E-state index contributed by atoms with van der Waals surface area (Å²) in [6.07, 6.45) is 0.530. The van der Waals surface area contributed by atoms with Gasteiger partial charge in [-0.05, 0) is 97.9 Å². The van der Waals surface area contributed by atoms with Gasteiger partial charge in [-0.1, -0.05) is 128 Å². The molecule has 2 heterocycles. The van der Waals surface area contributed by atoms with E-state index in [2.05, 4.69) is 175 Å². The average molecular weight is 656 g/mol. The van der Waals surface area contributed by atoms with Crippen LogP contribution in [0, 0.1) is 0 Å². The van der Waals surface area contributed by atoms with Gasteiger partial charge in [0.2, 0.25) is 0 Å². The number of nitrogens with zero attached hydrogens (tertiary/aromatic N) is 1. The molecule has 0 saturated heterocycles. The Hall–Kier alpha value is -6.58. The first-order valence-electron chi connectivity index (χ1n) is 17.4. The van der Waals surface area contributed by atoms with E-state index >= 15 is 0 Å². The first-order chi connectivity index (χ1) is 25.2. The number of ether oxygens (including phenoxy) is 1. The van der Waals surface area contributed by atoms with Gasteiger partial charge in [0, 0.05) is 28.9 Å². The molecule has 8 aromatic carbocycles. The first-order valence-corrected chi connectivity index (χ1v) is 17.4. The predicted octanol–water partition coefficient (Wildman–Crippen LogP) is 13.3. The van der Waals surface area contributed by atoms with Crippen LogP contribution in [0.5, 0.6) is 5.75 Å². The molecule has 9 aromatic rings. The number of benzene rings is 8. The molecular weight excluding hydrogens is 623 g/mol. The summed E-state index contributed by atoms with van der Waals surface area (Å²) in [5.41, 5.74) is 10.4. The monoisotopic (exact) mass is 655 g/mol. The van der Waals surface area contributed by atoms with Crippen LogP contribution in [-0.2, 0) is 6.42 Å². The summed E-state index contributed by atoms with van der Waals surface area (Å²) in [6, 6.07) is 60.3. The molecule has 3 heteroatoms. The number of fused-ring (bicyclic) bond motifs is 8. The third kappa shape index (κ3) is 4.97. The maximum atomic E-state index is 6.86. The van der Waals surface area contributed by atoms with Crippen molar-refractivity contribution in [3.63, 3.8) is 0 Å². The van der Waals surface area contributed by atoms with E-state index in [-0.39, 0.29) is 6.10 Å². The van der Waals surface area contributed by atoms with Crippen LogP contribution in [0.25, 0.3) is 54.6 Å². The van der Waals surface area contributed by atoms with Crippen LogP contribution in [0.3, 0.4) is 0 Å². The third-order valence-corrected chi connectivity index (χ3v) is 10.2. The van der Waals surface area contributed by atoms with Crippen molar-refractivity contribution in [1.82, 2.24) is 0 Å². The maximum Gasteiger partial charge on any atom is 0.145 e. The van der Waals surface area contributed by atoms with Crippen LogP contribution in [0.1, 0.15) is 17.2 Å². The molecule has 3 nitrogen and oxygen atoms in total. The molecule has 0 fully saturated rings. The highest BCUT2D eigenvalue weighted by atomic mass is 16.5. The van der Waals surface area contributed by atoms with Gasteiger partial charge in [-0.2, -0.15) is 0 Å². The van der Waals surface area contributed by atoms with Crippen molar-refractivity contribution in [2.45, 2.75) is 12.5 Å². The standard InChI is InChI=1S/C48H33NO2/c1-31-27-37-22-25-45-46(48(37)51-47(31)35-14-6-3-7-15-35)43-30-40(24-26-44(43)50-45)49(38-17-10-16-36(28-38)32-11-4-2-5-12-32)39-23-21-34-20-19-33-13-8-9-18-41(33)42(34)29-39/h2-26,28-30,47H,1,27H2. The SMILES string of the molecule is C=C1Cc2ccc3oc4ccc(N(c5cccc(-c6ccccc6)c5)c5ccc6ccc7ccccc7c6c5)cc4c3c2OC1c1ccccc1. The van der Waals surface area contributed by atoms with E-state index < -0.39 is 0 Å². The van der Waals surface area contributed by atoms with Crippen molar-refractivity contribution >= 4 is 60.5 Å². The number of hydrogen-bond donors (Lipinski definition) is 0. The molecule has 1 aliphatic rings. The normalized spacial score (nSPS) is 14.2. The fourth-order valence-corrected chi connectivity index (χ4v) is 7.78. The van der Waals surface area contributed by atoms with Crippen LogP contribution in [0.15, 0.2) is 186 Å². The number of furan rings is 1. The van der Waals surface area contributed by atoms with Gasteiger partial charge in [0.15, 0.2) is 0 Å². The Morgan fingerprint density at radius 2 is 1.16 bits per heavy atom. The van der Waals surface area contributed by atoms with Crippen molar-refractivity contribution < 1.29 is 9.15 Å². The van der Waals surface area contributed by atoms with Crippen molar-refractivity contribution in [2.24, 2.45) is 0 Å². The second-order valence-corrected chi connectivity index (χ2v) is 13.4. The molecule has 1 atom stereocenters. The zero-order valence-corrected chi connectivity index (χ0v) is 27.9. The van der Waals surface area contributed by atoms with Crippen molar-refractivity contribution in [2.75, 3.05) is 4.90 Å². The zero-order valence-electron chi connectivity index (χ0n) is 27.9. The zero-order chi connectivity index (χ0) is 33.9. The smallest absolute Gasteiger partial charge is 0.145 e. The lowest BCUT2D eigenvalue weighted by Gasteiger charge is -2.29. The van der Waals surface area contributed by atoms with Gasteiger partial charge in [0.05, 0.1) is 5.39 Å². The van der Waals surface area contributed by atoms with E-state index in [0.29, 0.717) is 0 Å². The molecular formula is C48H33NO2. The van der Waals surface area contributed by atoms with E-state index in [1.165, 1.54) is 27.1 Å². The predicted molar refractivity (Wildman–Crippen MR) is 212 cm³/mol. The summed E-state index contributed by atoms with van der Waals surface area (Å²) in [7, 11) is 0. The van der Waals surface area contributed by atoms with Crippen LogP contribution < -0.4 is 9.64 Å². The molecule has 242 valence electrons. The molecule has 10 rings (SSSR count). The molecule has 0 amide bonds. The second kappa shape index (κ2) is 11.8. The third-order valence-electron chi connectivity index (χ3n) is 10.2. The van der Waals surface area contributed by atoms with Gasteiger partial charge in [0.1, 0.15) is 23.0 Å². The minimum absolute atomic E-state index is 0.220. The number of hydrogen-bond acceptors (Lipinski definition) is 3. The highest BCUT2D eigenvalue weighted by Crippen LogP contribution is 2.47. The Bertz CT molecular complexity index is 2780. The summed E-state index contributed by atoms with van der Waals surface area (Å²) in [6.45, 7) is 4.42. The minimum atomic E-state index is -0.220. The lowest BCUT2D eigenvalue weighted by Crippen LogP contribution is -2.17. The molecule has 0 saturated carbocycles. The van der Waals surface area contributed by atoms with Gasteiger partial charge >= 0.3 is 0 Å². The van der Waals surface area contributed by atoms with Gasteiger partial charge < -0.3 is 14.1 Å². The first kappa shape index (κ1) is 29.3. The Morgan fingerprint density at radius 3 is 2.00 bits per heavy atom. The van der Waals surface area contributed by atoms with Crippen molar-refractivity contribution in [1.29, 1.82) is 0 Å². The quantitative estimate of drug-likeness (QED) is 0.136. The Kier molecular flexibility index (Phi) is 6.78. The Labute approximate surface area is 296 Å². The topological polar surface area (TPSA) is 25.6 Å². The summed E-state index contributed by atoms with van der Waals surface area (Å²) in [5, 5.41) is 6.93. The summed E-state index contributed by atoms with van der Waals surface area (Å²) in [4.78, 5) is 2.36. The molecule has 0 radical (unpaired) electrons. The summed E-state index contributed by atoms with van der Waals surface area (Å²) >= 11 is 0. The fourth-order valence-electron chi connectivity index (χ4n) is 7.78.